The molecule has 102 valence electrons. The van der Waals surface area contributed by atoms with Gasteiger partial charge >= 0.3 is 0 Å². The maximum absolute atomic E-state index is 12.6. The molecular weight excluding hydrogens is 224 g/mol. The van der Waals surface area contributed by atoms with E-state index in [1.165, 1.54) is 32.1 Å². The molecule has 1 saturated carbocycles. The monoisotopic (exact) mass is 250 g/mol. The lowest BCUT2D eigenvalue weighted by Gasteiger charge is -2.27. The van der Waals surface area contributed by atoms with Crippen LogP contribution in [0.25, 0.3) is 0 Å². The molecule has 3 heteroatoms. The second-order valence-corrected chi connectivity index (χ2v) is 6.64. The quantitative estimate of drug-likeness (QED) is 0.773. The molecule has 0 bridgehead atoms. The number of hydrogen-bond donors (Lipinski definition) is 1. The zero-order valence-corrected chi connectivity index (χ0v) is 11.7. The predicted molar refractivity (Wildman–Crippen MR) is 72.2 cm³/mol. The van der Waals surface area contributed by atoms with Gasteiger partial charge < -0.3 is 10.2 Å². The Morgan fingerprint density at radius 3 is 2.61 bits per heavy atom. The number of hydrogen-bond acceptors (Lipinski definition) is 2. The highest BCUT2D eigenvalue weighted by Crippen LogP contribution is 2.34. The highest BCUT2D eigenvalue weighted by Gasteiger charge is 2.42. The Balaban J connectivity index is 1.63. The summed E-state index contributed by atoms with van der Waals surface area (Å²) in [5.74, 6) is 1.81. The van der Waals surface area contributed by atoms with Crippen LogP contribution in [0.15, 0.2) is 0 Å². The fraction of sp³-hybridized carbons (Fsp3) is 0.933. The molecule has 0 aromatic carbocycles. The molecule has 5 atom stereocenters. The summed E-state index contributed by atoms with van der Waals surface area (Å²) < 4.78 is 0. The largest absolute Gasteiger partial charge is 0.338 e. The topological polar surface area (TPSA) is 32.3 Å². The van der Waals surface area contributed by atoms with Crippen LogP contribution < -0.4 is 5.32 Å². The maximum atomic E-state index is 12.6. The summed E-state index contributed by atoms with van der Waals surface area (Å²) in [7, 11) is 0. The molecule has 0 radical (unpaired) electrons. The van der Waals surface area contributed by atoms with Crippen LogP contribution in [0.4, 0.5) is 0 Å². The number of amides is 1. The second-order valence-electron chi connectivity index (χ2n) is 6.64. The average Bonchev–Trinajstić information content (AvgIpc) is 2.94. The van der Waals surface area contributed by atoms with Crippen molar-refractivity contribution >= 4 is 5.91 Å². The summed E-state index contributed by atoms with van der Waals surface area (Å²) in [5.41, 5.74) is 0. The van der Waals surface area contributed by atoms with E-state index in [0.29, 0.717) is 23.9 Å². The third-order valence-corrected chi connectivity index (χ3v) is 5.58. The van der Waals surface area contributed by atoms with Gasteiger partial charge in [-0.05, 0) is 44.4 Å². The van der Waals surface area contributed by atoms with Crippen molar-refractivity contribution < 1.29 is 4.79 Å². The standard InChI is InChI=1S/C15H26N2O/c1-10-7-8-17(11(10)2)15(18)14-9-12-5-3-4-6-13(12)16-14/h10-14,16H,3-9H2,1-2H3/t10-,11-,12+,13-,14+/m1/s1. The van der Waals surface area contributed by atoms with Crippen LogP contribution in [0.1, 0.15) is 52.4 Å². The Bertz CT molecular complexity index is 316. The van der Waals surface area contributed by atoms with E-state index in [1.807, 2.05) is 0 Å². The van der Waals surface area contributed by atoms with Crippen LogP contribution in [0.5, 0.6) is 0 Å². The van der Waals surface area contributed by atoms with Crippen molar-refractivity contribution in [2.24, 2.45) is 11.8 Å². The van der Waals surface area contributed by atoms with Crippen molar-refractivity contribution in [1.29, 1.82) is 0 Å². The van der Waals surface area contributed by atoms with Crippen LogP contribution in [-0.4, -0.2) is 35.5 Å². The van der Waals surface area contributed by atoms with E-state index in [4.69, 9.17) is 0 Å². The number of fused-ring (bicyclic) bond motifs is 1. The van der Waals surface area contributed by atoms with Gasteiger partial charge in [0, 0.05) is 18.6 Å². The van der Waals surface area contributed by atoms with E-state index >= 15 is 0 Å². The first-order chi connectivity index (χ1) is 8.66. The summed E-state index contributed by atoms with van der Waals surface area (Å²) in [6.45, 7) is 5.44. The Labute approximate surface area is 110 Å². The third-order valence-electron chi connectivity index (χ3n) is 5.58. The number of nitrogens with one attached hydrogen (secondary N) is 1. The lowest BCUT2D eigenvalue weighted by Crippen LogP contribution is -2.47. The fourth-order valence-corrected chi connectivity index (χ4v) is 4.12. The first-order valence-electron chi connectivity index (χ1n) is 7.73. The number of likely N-dealkylation sites (tertiary alicyclic amines) is 1. The molecule has 0 spiro atoms. The van der Waals surface area contributed by atoms with Gasteiger partial charge in [-0.25, -0.2) is 0 Å². The maximum Gasteiger partial charge on any atom is 0.239 e. The molecule has 3 rings (SSSR count). The molecule has 1 aliphatic carbocycles. The van der Waals surface area contributed by atoms with Crippen molar-refractivity contribution in [3.63, 3.8) is 0 Å². The van der Waals surface area contributed by atoms with Gasteiger partial charge in [0.2, 0.25) is 5.91 Å². The van der Waals surface area contributed by atoms with Crippen LogP contribution in [0, 0.1) is 11.8 Å². The molecule has 3 fully saturated rings. The van der Waals surface area contributed by atoms with Crippen LogP contribution >= 0.6 is 0 Å². The van der Waals surface area contributed by atoms with Crippen molar-refractivity contribution in [2.45, 2.75) is 70.5 Å². The van der Waals surface area contributed by atoms with Crippen molar-refractivity contribution in [1.82, 2.24) is 10.2 Å². The highest BCUT2D eigenvalue weighted by molar-refractivity contribution is 5.83. The van der Waals surface area contributed by atoms with Crippen molar-refractivity contribution in [3.8, 4) is 0 Å². The predicted octanol–water partition coefficient (Wildman–Crippen LogP) is 2.16. The van der Waals surface area contributed by atoms with Crippen LogP contribution in [-0.2, 0) is 4.79 Å². The van der Waals surface area contributed by atoms with Crippen LogP contribution in [0.2, 0.25) is 0 Å². The van der Waals surface area contributed by atoms with Gasteiger partial charge in [0.05, 0.1) is 6.04 Å². The number of carbonyl (C=O) groups excluding carboxylic acids is 1. The molecule has 1 N–H and O–H groups in total. The highest BCUT2D eigenvalue weighted by atomic mass is 16.2. The first kappa shape index (κ1) is 12.5. The smallest absolute Gasteiger partial charge is 0.239 e. The van der Waals surface area contributed by atoms with Crippen molar-refractivity contribution in [3.05, 3.63) is 0 Å². The fourth-order valence-electron chi connectivity index (χ4n) is 4.12. The van der Waals surface area contributed by atoms with E-state index < -0.39 is 0 Å². The molecule has 3 nitrogen and oxygen atoms in total. The van der Waals surface area contributed by atoms with E-state index in [0.717, 1.165) is 18.9 Å². The summed E-state index contributed by atoms with van der Waals surface area (Å²) in [4.78, 5) is 14.7. The van der Waals surface area contributed by atoms with Crippen LogP contribution in [0.3, 0.4) is 0 Å². The van der Waals surface area contributed by atoms with Gasteiger partial charge in [0.1, 0.15) is 0 Å². The Morgan fingerprint density at radius 1 is 1.17 bits per heavy atom. The summed E-state index contributed by atoms with van der Waals surface area (Å²) in [6, 6.07) is 1.18. The van der Waals surface area contributed by atoms with E-state index in [1.54, 1.807) is 0 Å². The molecule has 18 heavy (non-hydrogen) atoms. The molecule has 2 aliphatic heterocycles. The first-order valence-corrected chi connectivity index (χ1v) is 7.73. The minimum Gasteiger partial charge on any atom is -0.338 e. The molecular formula is C15H26N2O. The van der Waals surface area contributed by atoms with Gasteiger partial charge in [-0.3, -0.25) is 4.79 Å². The van der Waals surface area contributed by atoms with E-state index in [2.05, 4.69) is 24.1 Å². The Kier molecular flexibility index (Phi) is 3.35. The molecule has 1 amide bonds. The molecule has 0 aromatic heterocycles. The van der Waals surface area contributed by atoms with Gasteiger partial charge in [-0.1, -0.05) is 19.8 Å². The average molecular weight is 250 g/mol. The summed E-state index contributed by atoms with van der Waals surface area (Å²) >= 11 is 0. The molecule has 0 unspecified atom stereocenters. The van der Waals surface area contributed by atoms with Gasteiger partial charge in [0.25, 0.3) is 0 Å². The Hall–Kier alpha value is -0.570. The SMILES string of the molecule is C[C@@H]1CCN(C(=O)[C@@H]2C[C@@H]3CCCC[C@H]3N2)[C@@H]1C. The van der Waals surface area contributed by atoms with E-state index in [9.17, 15) is 4.79 Å². The zero-order valence-electron chi connectivity index (χ0n) is 11.7. The third kappa shape index (κ3) is 2.07. The second kappa shape index (κ2) is 4.84. The molecule has 3 aliphatic rings. The van der Waals surface area contributed by atoms with Gasteiger partial charge in [-0.15, -0.1) is 0 Å². The van der Waals surface area contributed by atoms with E-state index in [-0.39, 0.29) is 6.04 Å². The lowest BCUT2D eigenvalue weighted by molar-refractivity contribution is -0.134. The molecule has 2 heterocycles. The summed E-state index contributed by atoms with van der Waals surface area (Å²) in [5, 5.41) is 3.61. The number of nitrogens with zero attached hydrogens (tertiary/aromatic N) is 1. The normalized spacial score (nSPS) is 44.1. The molecule has 0 aromatic rings. The number of carbonyl (C=O) groups is 1. The van der Waals surface area contributed by atoms with Crippen molar-refractivity contribution in [2.75, 3.05) is 6.54 Å². The molecule has 2 saturated heterocycles. The van der Waals surface area contributed by atoms with Gasteiger partial charge in [0.15, 0.2) is 0 Å². The lowest BCUT2D eigenvalue weighted by atomic mass is 9.85. The summed E-state index contributed by atoms with van der Waals surface area (Å²) in [6.07, 6.45) is 7.56. The minimum absolute atomic E-state index is 0.117. The Morgan fingerprint density at radius 2 is 1.94 bits per heavy atom. The van der Waals surface area contributed by atoms with Gasteiger partial charge in [-0.2, -0.15) is 0 Å². The zero-order chi connectivity index (χ0) is 12.7. The minimum atomic E-state index is 0.117. The number of rotatable bonds is 1.